The standard InChI is InChI=1S/C26H33Cl2N3O4S2/c1-4-7-15-30(16-8-5-2)37(33,34)20-11-9-19(10-12-20)25(32)29-26-31(17-18-35-6-3)24-22(36-26)14-13-21(27)23(24)28/h9-14H,4-8,15-18H2,1-3H3. The maximum Gasteiger partial charge on any atom is 0.279 e. The summed E-state index contributed by atoms with van der Waals surface area (Å²) >= 11 is 14.1. The molecule has 0 radical (unpaired) electrons. The number of carbonyl (C=O) groups is 1. The van der Waals surface area contributed by atoms with Crippen molar-refractivity contribution >= 4 is 60.7 Å². The van der Waals surface area contributed by atoms with Crippen molar-refractivity contribution in [3.63, 3.8) is 0 Å². The first kappa shape index (κ1) is 29.8. The molecule has 3 aromatic rings. The Hall–Kier alpha value is -1.75. The van der Waals surface area contributed by atoms with E-state index in [9.17, 15) is 13.2 Å². The fraction of sp³-hybridized carbons (Fsp3) is 0.462. The van der Waals surface area contributed by atoms with Gasteiger partial charge in [-0.2, -0.15) is 9.30 Å². The van der Waals surface area contributed by atoms with Gasteiger partial charge in [0, 0.05) is 31.8 Å². The highest BCUT2D eigenvalue weighted by Crippen LogP contribution is 2.32. The van der Waals surface area contributed by atoms with Crippen LogP contribution < -0.4 is 4.80 Å². The van der Waals surface area contributed by atoms with Crippen LogP contribution in [0.4, 0.5) is 0 Å². The SMILES string of the molecule is CCCCN(CCCC)S(=O)(=O)c1ccc(C(=O)N=c2sc3ccc(Cl)c(Cl)c3n2CCOCC)cc1. The summed E-state index contributed by atoms with van der Waals surface area (Å²) in [4.78, 5) is 18.1. The zero-order valence-electron chi connectivity index (χ0n) is 21.4. The van der Waals surface area contributed by atoms with Gasteiger partial charge in [0.2, 0.25) is 10.0 Å². The number of halogens is 2. The summed E-state index contributed by atoms with van der Waals surface area (Å²) in [6.07, 6.45) is 3.41. The van der Waals surface area contributed by atoms with Crippen LogP contribution in [0.1, 0.15) is 56.8 Å². The fourth-order valence-corrected chi connectivity index (χ4v) is 6.84. The van der Waals surface area contributed by atoms with Gasteiger partial charge in [-0.05, 0) is 56.2 Å². The highest BCUT2D eigenvalue weighted by molar-refractivity contribution is 7.89. The maximum absolute atomic E-state index is 13.2. The average Bonchev–Trinajstić information content (AvgIpc) is 3.23. The molecule has 0 atom stereocenters. The van der Waals surface area contributed by atoms with E-state index >= 15 is 0 Å². The summed E-state index contributed by atoms with van der Waals surface area (Å²) in [5.74, 6) is -0.475. The van der Waals surface area contributed by atoms with Crippen LogP contribution in [0.5, 0.6) is 0 Å². The summed E-state index contributed by atoms with van der Waals surface area (Å²) in [6.45, 7) is 8.37. The van der Waals surface area contributed by atoms with Crippen molar-refractivity contribution < 1.29 is 17.9 Å². The van der Waals surface area contributed by atoms with Crippen LogP contribution in [0.15, 0.2) is 46.3 Å². The van der Waals surface area contributed by atoms with Gasteiger partial charge >= 0.3 is 0 Å². The highest BCUT2D eigenvalue weighted by Gasteiger charge is 2.24. The van der Waals surface area contributed by atoms with Gasteiger partial charge in [0.1, 0.15) is 0 Å². The predicted octanol–water partition coefficient (Wildman–Crippen LogP) is 6.38. The number of rotatable bonds is 13. The van der Waals surface area contributed by atoms with Crippen LogP contribution in [0.2, 0.25) is 10.0 Å². The lowest BCUT2D eigenvalue weighted by Gasteiger charge is -2.22. The van der Waals surface area contributed by atoms with Crippen molar-refractivity contribution in [3.8, 4) is 0 Å². The molecule has 0 fully saturated rings. The van der Waals surface area contributed by atoms with Crippen molar-refractivity contribution in [2.24, 2.45) is 4.99 Å². The largest absolute Gasteiger partial charge is 0.380 e. The minimum atomic E-state index is -3.64. The van der Waals surface area contributed by atoms with Crippen LogP contribution in [-0.4, -0.2) is 49.5 Å². The Kier molecular flexibility index (Phi) is 11.2. The zero-order valence-corrected chi connectivity index (χ0v) is 24.5. The molecule has 0 spiro atoms. The molecule has 0 aliphatic heterocycles. The molecule has 0 N–H and O–H groups in total. The number of ether oxygens (including phenoxy) is 1. The first-order valence-corrected chi connectivity index (χ1v) is 15.5. The molecule has 2 aromatic carbocycles. The van der Waals surface area contributed by atoms with Gasteiger partial charge in [0.05, 0.1) is 31.8 Å². The Morgan fingerprint density at radius 3 is 2.27 bits per heavy atom. The molecule has 0 saturated heterocycles. The minimum Gasteiger partial charge on any atom is -0.380 e. The Morgan fingerprint density at radius 1 is 1.03 bits per heavy atom. The van der Waals surface area contributed by atoms with Gasteiger partial charge in [-0.15, -0.1) is 0 Å². The number of nitrogens with zero attached hydrogens (tertiary/aromatic N) is 3. The van der Waals surface area contributed by atoms with Gasteiger partial charge in [0.15, 0.2) is 4.80 Å². The van der Waals surface area contributed by atoms with Gasteiger partial charge in [-0.3, -0.25) is 4.79 Å². The minimum absolute atomic E-state index is 0.173. The summed E-state index contributed by atoms with van der Waals surface area (Å²) in [7, 11) is -3.64. The van der Waals surface area contributed by atoms with Crippen LogP contribution in [0.3, 0.4) is 0 Å². The molecule has 3 rings (SSSR count). The molecule has 0 bridgehead atoms. The summed E-state index contributed by atoms with van der Waals surface area (Å²) in [5.41, 5.74) is 0.997. The summed E-state index contributed by atoms with van der Waals surface area (Å²) in [6, 6.07) is 9.54. The molecule has 0 unspecified atom stereocenters. The normalized spacial score (nSPS) is 12.6. The molecule has 1 heterocycles. The number of hydrogen-bond donors (Lipinski definition) is 0. The van der Waals surface area contributed by atoms with E-state index in [1.807, 2.05) is 31.4 Å². The first-order chi connectivity index (χ1) is 17.7. The number of hydrogen-bond acceptors (Lipinski definition) is 5. The topological polar surface area (TPSA) is 81.0 Å². The average molecular weight is 587 g/mol. The van der Waals surface area contributed by atoms with E-state index < -0.39 is 15.9 Å². The number of amides is 1. The van der Waals surface area contributed by atoms with Crippen molar-refractivity contribution in [2.75, 3.05) is 26.3 Å². The fourth-order valence-electron chi connectivity index (χ4n) is 3.79. The highest BCUT2D eigenvalue weighted by atomic mass is 35.5. The molecule has 0 aliphatic rings. The monoisotopic (exact) mass is 585 g/mol. The van der Waals surface area contributed by atoms with Crippen molar-refractivity contribution in [3.05, 3.63) is 56.8 Å². The third-order valence-corrected chi connectivity index (χ3v) is 9.61. The smallest absolute Gasteiger partial charge is 0.279 e. The maximum atomic E-state index is 13.2. The first-order valence-electron chi connectivity index (χ1n) is 12.5. The summed E-state index contributed by atoms with van der Waals surface area (Å²) in [5, 5.41) is 0.810. The van der Waals surface area contributed by atoms with Crippen LogP contribution in [0, 0.1) is 0 Å². The van der Waals surface area contributed by atoms with E-state index in [1.54, 1.807) is 6.07 Å². The van der Waals surface area contributed by atoms with E-state index in [1.165, 1.54) is 39.9 Å². The zero-order chi connectivity index (χ0) is 27.0. The number of unbranched alkanes of at least 4 members (excludes halogenated alkanes) is 2. The third-order valence-electron chi connectivity index (χ3n) is 5.86. The molecule has 11 heteroatoms. The van der Waals surface area contributed by atoms with Gasteiger partial charge in [0.25, 0.3) is 5.91 Å². The Labute approximate surface area is 232 Å². The molecule has 7 nitrogen and oxygen atoms in total. The second-order valence-corrected chi connectivity index (χ2v) is 12.2. The van der Waals surface area contributed by atoms with Gasteiger partial charge in [-0.1, -0.05) is 61.2 Å². The molecular weight excluding hydrogens is 553 g/mol. The van der Waals surface area contributed by atoms with Crippen LogP contribution >= 0.6 is 34.5 Å². The van der Waals surface area contributed by atoms with Crippen LogP contribution in [0.25, 0.3) is 10.2 Å². The molecule has 1 amide bonds. The van der Waals surface area contributed by atoms with Crippen molar-refractivity contribution in [1.82, 2.24) is 8.87 Å². The van der Waals surface area contributed by atoms with Gasteiger partial charge < -0.3 is 9.30 Å². The van der Waals surface area contributed by atoms with E-state index in [0.717, 1.165) is 30.4 Å². The van der Waals surface area contributed by atoms with Crippen LogP contribution in [-0.2, 0) is 21.3 Å². The Morgan fingerprint density at radius 2 is 1.68 bits per heavy atom. The third kappa shape index (κ3) is 7.22. The van der Waals surface area contributed by atoms with E-state index in [-0.39, 0.29) is 4.90 Å². The van der Waals surface area contributed by atoms with Gasteiger partial charge in [-0.25, -0.2) is 8.42 Å². The quantitative estimate of drug-likeness (QED) is 0.218. The number of fused-ring (bicyclic) bond motifs is 1. The van der Waals surface area contributed by atoms with E-state index in [2.05, 4.69) is 4.99 Å². The number of aromatic nitrogens is 1. The Bertz CT molecular complexity index is 1380. The second-order valence-electron chi connectivity index (χ2n) is 8.49. The molecular formula is C26H33Cl2N3O4S2. The molecule has 0 aliphatic carbocycles. The lowest BCUT2D eigenvalue weighted by Crippen LogP contribution is -2.33. The molecule has 202 valence electrons. The van der Waals surface area contributed by atoms with Crippen molar-refractivity contribution in [1.29, 1.82) is 0 Å². The number of sulfonamides is 1. The number of thiazole rings is 1. The Balaban J connectivity index is 1.94. The van der Waals surface area contributed by atoms with E-state index in [0.29, 0.717) is 58.8 Å². The van der Waals surface area contributed by atoms with E-state index in [4.69, 9.17) is 27.9 Å². The second kappa shape index (κ2) is 13.9. The number of benzene rings is 2. The van der Waals surface area contributed by atoms with Crippen molar-refractivity contribution in [2.45, 2.75) is 57.9 Å². The predicted molar refractivity (Wildman–Crippen MR) is 151 cm³/mol. The molecule has 37 heavy (non-hydrogen) atoms. The summed E-state index contributed by atoms with van der Waals surface area (Å²) < 4.78 is 36.2. The number of carbonyl (C=O) groups excluding carboxylic acids is 1. The lowest BCUT2D eigenvalue weighted by atomic mass is 10.2. The lowest BCUT2D eigenvalue weighted by molar-refractivity contribution is 0.0996. The molecule has 1 aromatic heterocycles. The molecule has 0 saturated carbocycles.